The Hall–Kier alpha value is -2.67. The molecule has 120 valence electrons. The number of rotatable bonds is 6. The second-order valence-corrected chi connectivity index (χ2v) is 5.62. The number of nitrogens with one attached hydrogen (secondary N) is 2. The Morgan fingerprint density at radius 2 is 2.17 bits per heavy atom. The normalized spacial score (nSPS) is 10.5. The highest BCUT2D eigenvalue weighted by atomic mass is 32.1. The molecule has 2 rings (SSSR count). The van der Waals surface area contributed by atoms with E-state index in [-0.39, 0.29) is 12.5 Å². The molecule has 0 unspecified atom stereocenters. The number of ether oxygens (including phenoxy) is 1. The Morgan fingerprint density at radius 3 is 2.87 bits per heavy atom. The van der Waals surface area contributed by atoms with Crippen molar-refractivity contribution in [3.63, 3.8) is 0 Å². The molecular weight excluding hydrogens is 314 g/mol. The minimum atomic E-state index is -0.397. The highest BCUT2D eigenvalue weighted by Gasteiger charge is 2.08. The van der Waals surface area contributed by atoms with E-state index >= 15 is 0 Å². The first-order valence-electron chi connectivity index (χ1n) is 6.88. The average molecular weight is 331 g/mol. The lowest BCUT2D eigenvalue weighted by Gasteiger charge is -2.05. The molecule has 0 radical (unpaired) electrons. The maximum absolute atomic E-state index is 11.9. The molecule has 0 fully saturated rings. The molecule has 0 bridgehead atoms. The minimum Gasteiger partial charge on any atom is -0.497 e. The van der Waals surface area contributed by atoms with Crippen molar-refractivity contribution in [2.75, 3.05) is 13.7 Å². The van der Waals surface area contributed by atoms with E-state index in [0.717, 1.165) is 10.4 Å². The first-order chi connectivity index (χ1) is 11.1. The average Bonchev–Trinajstić information content (AvgIpc) is 2.98. The van der Waals surface area contributed by atoms with E-state index in [9.17, 15) is 9.59 Å². The fourth-order valence-electron chi connectivity index (χ4n) is 1.75. The number of nitrogens with zero attached hydrogens (tertiary/aromatic N) is 1. The third kappa shape index (κ3) is 4.93. The Labute approximate surface area is 138 Å². The number of hydrogen-bond donors (Lipinski definition) is 2. The first kappa shape index (κ1) is 16.7. The summed E-state index contributed by atoms with van der Waals surface area (Å²) in [5.74, 6) is -0.165. The highest BCUT2D eigenvalue weighted by molar-refractivity contribution is 7.11. The van der Waals surface area contributed by atoms with Gasteiger partial charge in [0, 0.05) is 10.4 Å². The number of thiophene rings is 1. The Morgan fingerprint density at radius 1 is 1.35 bits per heavy atom. The highest BCUT2D eigenvalue weighted by Crippen LogP contribution is 2.12. The smallest absolute Gasteiger partial charge is 0.259 e. The van der Waals surface area contributed by atoms with Crippen LogP contribution in [-0.4, -0.2) is 31.7 Å². The van der Waals surface area contributed by atoms with Crippen molar-refractivity contribution < 1.29 is 14.3 Å². The molecule has 2 aromatic rings. The summed E-state index contributed by atoms with van der Waals surface area (Å²) in [7, 11) is 1.53. The molecule has 2 N–H and O–H groups in total. The van der Waals surface area contributed by atoms with E-state index in [0.29, 0.717) is 11.3 Å². The van der Waals surface area contributed by atoms with Crippen LogP contribution in [0.25, 0.3) is 0 Å². The number of aryl methyl sites for hydroxylation is 1. The summed E-state index contributed by atoms with van der Waals surface area (Å²) in [6.45, 7) is 1.81. The van der Waals surface area contributed by atoms with Gasteiger partial charge in [-0.25, -0.2) is 5.43 Å². The van der Waals surface area contributed by atoms with Crippen LogP contribution < -0.4 is 15.5 Å². The molecule has 6 nitrogen and oxygen atoms in total. The van der Waals surface area contributed by atoms with Gasteiger partial charge in [-0.2, -0.15) is 5.10 Å². The molecule has 0 aliphatic carbocycles. The van der Waals surface area contributed by atoms with E-state index in [1.54, 1.807) is 30.5 Å². The van der Waals surface area contributed by atoms with Gasteiger partial charge in [0.25, 0.3) is 11.8 Å². The van der Waals surface area contributed by atoms with Crippen molar-refractivity contribution >= 4 is 29.4 Å². The largest absolute Gasteiger partial charge is 0.497 e. The van der Waals surface area contributed by atoms with Gasteiger partial charge in [0.1, 0.15) is 5.75 Å². The van der Waals surface area contributed by atoms with Gasteiger partial charge in [-0.3, -0.25) is 9.59 Å². The van der Waals surface area contributed by atoms with Gasteiger partial charge in [-0.1, -0.05) is 6.07 Å². The van der Waals surface area contributed by atoms with Gasteiger partial charge < -0.3 is 10.1 Å². The second kappa shape index (κ2) is 8.09. The number of carbonyl (C=O) groups excluding carboxylic acids is 2. The van der Waals surface area contributed by atoms with E-state index in [2.05, 4.69) is 15.8 Å². The zero-order chi connectivity index (χ0) is 16.7. The van der Waals surface area contributed by atoms with E-state index in [1.165, 1.54) is 18.4 Å². The zero-order valence-corrected chi connectivity index (χ0v) is 13.6. The lowest BCUT2D eigenvalue weighted by atomic mass is 10.2. The summed E-state index contributed by atoms with van der Waals surface area (Å²) in [6, 6.07) is 8.67. The quantitative estimate of drug-likeness (QED) is 0.627. The maximum Gasteiger partial charge on any atom is 0.259 e. The van der Waals surface area contributed by atoms with Crippen molar-refractivity contribution in [1.29, 1.82) is 0 Å². The molecule has 0 saturated heterocycles. The van der Waals surface area contributed by atoms with Crippen LogP contribution in [0.5, 0.6) is 5.75 Å². The number of hydrogen-bond acceptors (Lipinski definition) is 5. The van der Waals surface area contributed by atoms with Gasteiger partial charge in [0.2, 0.25) is 0 Å². The number of hydrazone groups is 1. The Balaban J connectivity index is 1.80. The van der Waals surface area contributed by atoms with Crippen molar-refractivity contribution in [1.82, 2.24) is 10.7 Å². The van der Waals surface area contributed by atoms with Crippen molar-refractivity contribution in [3.8, 4) is 5.75 Å². The molecule has 2 amide bonds. The standard InChI is InChI=1S/C16H17N3O3S/c1-11-6-7-23-14(11)9-18-19-15(20)10-17-16(21)12-4-3-5-13(8-12)22-2/h3-9H,10H2,1-2H3,(H,17,21)(H,19,20)/b18-9-. The van der Waals surface area contributed by atoms with Crippen LogP contribution >= 0.6 is 11.3 Å². The van der Waals surface area contributed by atoms with Gasteiger partial charge in [-0.05, 0) is 42.1 Å². The molecule has 1 aromatic heterocycles. The van der Waals surface area contributed by atoms with Crippen LogP contribution in [0, 0.1) is 6.92 Å². The first-order valence-corrected chi connectivity index (χ1v) is 7.76. The van der Waals surface area contributed by atoms with Gasteiger partial charge in [0.15, 0.2) is 0 Å². The van der Waals surface area contributed by atoms with Crippen LogP contribution in [-0.2, 0) is 4.79 Å². The molecule has 0 spiro atoms. The second-order valence-electron chi connectivity index (χ2n) is 4.68. The molecular formula is C16H17N3O3S. The number of carbonyl (C=O) groups is 2. The van der Waals surface area contributed by atoms with Crippen molar-refractivity contribution in [3.05, 3.63) is 51.7 Å². The van der Waals surface area contributed by atoms with Crippen LogP contribution in [0.1, 0.15) is 20.8 Å². The Bertz CT molecular complexity index is 725. The van der Waals surface area contributed by atoms with E-state index in [1.807, 2.05) is 18.4 Å². The molecule has 23 heavy (non-hydrogen) atoms. The topological polar surface area (TPSA) is 79.8 Å². The van der Waals surface area contributed by atoms with Crippen LogP contribution in [0.15, 0.2) is 40.8 Å². The Kier molecular flexibility index (Phi) is 5.87. The summed E-state index contributed by atoms with van der Waals surface area (Å²) >= 11 is 1.54. The molecule has 0 saturated carbocycles. The molecule has 0 aliphatic rings. The van der Waals surface area contributed by atoms with Gasteiger partial charge in [-0.15, -0.1) is 11.3 Å². The maximum atomic E-state index is 11.9. The van der Waals surface area contributed by atoms with Gasteiger partial charge in [0.05, 0.1) is 19.9 Å². The predicted molar refractivity (Wildman–Crippen MR) is 90.1 cm³/mol. The minimum absolute atomic E-state index is 0.156. The van der Waals surface area contributed by atoms with Crippen LogP contribution in [0.4, 0.5) is 0 Å². The summed E-state index contributed by atoms with van der Waals surface area (Å²) < 4.78 is 5.05. The fourth-order valence-corrected chi connectivity index (χ4v) is 2.53. The molecule has 1 heterocycles. The summed E-state index contributed by atoms with van der Waals surface area (Å²) in [6.07, 6.45) is 1.59. The molecule has 0 aliphatic heterocycles. The lowest BCUT2D eigenvalue weighted by molar-refractivity contribution is -0.120. The zero-order valence-electron chi connectivity index (χ0n) is 12.8. The molecule has 0 atom stereocenters. The SMILES string of the molecule is COc1cccc(C(=O)NCC(=O)N/N=C\c2sccc2C)c1. The molecule has 7 heteroatoms. The summed E-state index contributed by atoms with van der Waals surface area (Å²) in [5.41, 5.74) is 3.90. The van der Waals surface area contributed by atoms with Crippen LogP contribution in [0.2, 0.25) is 0 Å². The fraction of sp³-hybridized carbons (Fsp3) is 0.188. The summed E-state index contributed by atoms with van der Waals surface area (Å²) in [5, 5.41) is 8.35. The summed E-state index contributed by atoms with van der Waals surface area (Å²) in [4.78, 5) is 24.6. The third-order valence-electron chi connectivity index (χ3n) is 3.01. The molecule has 1 aromatic carbocycles. The monoisotopic (exact) mass is 331 g/mol. The number of methoxy groups -OCH3 is 1. The predicted octanol–water partition coefficient (Wildman–Crippen LogP) is 1.95. The van der Waals surface area contributed by atoms with E-state index < -0.39 is 5.91 Å². The number of amides is 2. The van der Waals surface area contributed by atoms with Crippen LogP contribution in [0.3, 0.4) is 0 Å². The van der Waals surface area contributed by atoms with E-state index in [4.69, 9.17) is 4.74 Å². The third-order valence-corrected chi connectivity index (χ3v) is 3.97. The number of benzene rings is 1. The van der Waals surface area contributed by atoms with Gasteiger partial charge >= 0.3 is 0 Å². The van der Waals surface area contributed by atoms with Crippen molar-refractivity contribution in [2.45, 2.75) is 6.92 Å². The lowest BCUT2D eigenvalue weighted by Crippen LogP contribution is -2.34. The van der Waals surface area contributed by atoms with Crippen molar-refractivity contribution in [2.24, 2.45) is 5.10 Å².